The average Bonchev–Trinajstić information content (AvgIpc) is 3.27. The topological polar surface area (TPSA) is 98.3 Å². The molecular weight excluding hydrogens is 398 g/mol. The number of ether oxygens (including phenoxy) is 2. The second kappa shape index (κ2) is 8.29. The second-order valence-electron chi connectivity index (χ2n) is 7.94. The molecule has 0 bridgehead atoms. The van der Waals surface area contributed by atoms with E-state index in [0.29, 0.717) is 30.1 Å². The number of amides is 2. The Balaban J connectivity index is 1.23. The molecule has 3 aliphatic rings. The van der Waals surface area contributed by atoms with Gasteiger partial charge in [-0.05, 0) is 36.6 Å². The molecule has 0 unspecified atom stereocenters. The number of oxime groups is 1. The highest BCUT2D eigenvalue weighted by Crippen LogP contribution is 2.33. The summed E-state index contributed by atoms with van der Waals surface area (Å²) in [5, 5.41) is 9.93. The van der Waals surface area contributed by atoms with Gasteiger partial charge in [0.1, 0.15) is 6.04 Å². The van der Waals surface area contributed by atoms with Crippen LogP contribution in [-0.2, 0) is 20.8 Å². The summed E-state index contributed by atoms with van der Waals surface area (Å²) in [5.41, 5.74) is 2.44. The van der Waals surface area contributed by atoms with Gasteiger partial charge in [-0.25, -0.2) is 0 Å². The number of nitrogens with zero attached hydrogens (tertiary/aromatic N) is 1. The van der Waals surface area contributed by atoms with Crippen molar-refractivity contribution in [3.05, 3.63) is 59.7 Å². The molecule has 31 heavy (non-hydrogen) atoms. The molecule has 2 N–H and O–H groups in total. The number of rotatable bonds is 7. The van der Waals surface area contributed by atoms with Gasteiger partial charge in [0.2, 0.25) is 18.8 Å². The zero-order chi connectivity index (χ0) is 21.2. The van der Waals surface area contributed by atoms with Crippen LogP contribution in [0.15, 0.2) is 53.7 Å². The first-order valence-electron chi connectivity index (χ1n) is 10.4. The van der Waals surface area contributed by atoms with E-state index < -0.39 is 12.1 Å². The van der Waals surface area contributed by atoms with Crippen LogP contribution in [0.4, 0.5) is 0 Å². The van der Waals surface area contributed by atoms with Gasteiger partial charge in [-0.15, -0.1) is 0 Å². The van der Waals surface area contributed by atoms with Gasteiger partial charge in [-0.2, -0.15) is 0 Å². The van der Waals surface area contributed by atoms with Crippen molar-refractivity contribution in [2.24, 2.45) is 5.16 Å². The van der Waals surface area contributed by atoms with Crippen LogP contribution in [0, 0.1) is 0 Å². The van der Waals surface area contributed by atoms with E-state index in [1.807, 2.05) is 48.5 Å². The summed E-state index contributed by atoms with van der Waals surface area (Å²) < 4.78 is 10.7. The molecule has 160 valence electrons. The van der Waals surface area contributed by atoms with Crippen molar-refractivity contribution in [1.29, 1.82) is 0 Å². The predicted molar refractivity (Wildman–Crippen MR) is 112 cm³/mol. The third-order valence-corrected chi connectivity index (χ3v) is 5.51. The molecule has 1 aliphatic carbocycles. The first-order valence-corrected chi connectivity index (χ1v) is 10.4. The standard InChI is InChI=1S/C23H23N3O5/c27-22(24-16-7-8-16)18(10-14-4-2-1-3-5-14)25-23(28)21-12-17(26-31-21)15-6-9-19-20(11-15)30-13-29-19/h1-6,9,11,16,18,21H,7-8,10,12-13H2,(H,24,27)(H,25,28)/t18-,21-/m1/s1. The maximum absolute atomic E-state index is 12.9. The lowest BCUT2D eigenvalue weighted by Crippen LogP contribution is -2.51. The molecule has 2 aromatic carbocycles. The van der Waals surface area contributed by atoms with E-state index in [1.165, 1.54) is 0 Å². The molecule has 2 aliphatic heterocycles. The van der Waals surface area contributed by atoms with E-state index in [1.54, 1.807) is 0 Å². The summed E-state index contributed by atoms with van der Waals surface area (Å²) in [6.45, 7) is 0.193. The number of fused-ring (bicyclic) bond motifs is 1. The number of nitrogens with one attached hydrogen (secondary N) is 2. The Hall–Kier alpha value is -3.55. The van der Waals surface area contributed by atoms with E-state index in [9.17, 15) is 9.59 Å². The SMILES string of the molecule is O=C(NC1CC1)[C@@H](Cc1ccccc1)NC(=O)[C@H]1CC(c2ccc3c(c2)OCO3)=NO1. The minimum atomic E-state index is -0.785. The van der Waals surface area contributed by atoms with Gasteiger partial charge in [0.25, 0.3) is 5.91 Å². The van der Waals surface area contributed by atoms with Crippen LogP contribution in [0.25, 0.3) is 0 Å². The van der Waals surface area contributed by atoms with Gasteiger partial charge in [0.15, 0.2) is 11.5 Å². The lowest BCUT2D eigenvalue weighted by Gasteiger charge is -2.20. The number of carbonyl (C=O) groups excluding carboxylic acids is 2. The normalized spacial score (nSPS) is 19.9. The fourth-order valence-corrected chi connectivity index (χ4v) is 3.62. The van der Waals surface area contributed by atoms with Gasteiger partial charge >= 0.3 is 0 Å². The molecule has 8 nitrogen and oxygen atoms in total. The zero-order valence-electron chi connectivity index (χ0n) is 16.9. The summed E-state index contributed by atoms with van der Waals surface area (Å²) in [4.78, 5) is 31.0. The van der Waals surface area contributed by atoms with E-state index in [2.05, 4.69) is 15.8 Å². The van der Waals surface area contributed by atoms with Gasteiger partial charge in [0, 0.05) is 24.4 Å². The van der Waals surface area contributed by atoms with Crippen LogP contribution in [0.2, 0.25) is 0 Å². The molecular formula is C23H23N3O5. The van der Waals surface area contributed by atoms with Crippen LogP contribution in [0.5, 0.6) is 11.5 Å². The minimum absolute atomic E-state index is 0.172. The Labute approximate surface area is 179 Å². The highest BCUT2D eigenvalue weighted by Gasteiger charge is 2.34. The van der Waals surface area contributed by atoms with E-state index in [0.717, 1.165) is 24.0 Å². The second-order valence-corrected chi connectivity index (χ2v) is 7.94. The van der Waals surface area contributed by atoms with Gasteiger partial charge < -0.3 is 24.9 Å². The van der Waals surface area contributed by atoms with Crippen molar-refractivity contribution in [3.63, 3.8) is 0 Å². The summed E-state index contributed by atoms with van der Waals surface area (Å²) in [6, 6.07) is 14.7. The Morgan fingerprint density at radius 2 is 1.87 bits per heavy atom. The van der Waals surface area contributed by atoms with Crippen molar-refractivity contribution in [2.75, 3.05) is 6.79 Å². The first kappa shape index (κ1) is 19.4. The fourth-order valence-electron chi connectivity index (χ4n) is 3.62. The molecule has 0 aromatic heterocycles. The van der Waals surface area contributed by atoms with Crippen molar-refractivity contribution in [2.45, 2.75) is 43.9 Å². The summed E-state index contributed by atoms with van der Waals surface area (Å²) in [5.74, 6) is 0.803. The van der Waals surface area contributed by atoms with Gasteiger partial charge in [0.05, 0.1) is 5.71 Å². The van der Waals surface area contributed by atoms with Gasteiger partial charge in [-0.3, -0.25) is 9.59 Å². The Morgan fingerprint density at radius 1 is 1.06 bits per heavy atom. The lowest BCUT2D eigenvalue weighted by atomic mass is 10.0. The summed E-state index contributed by atoms with van der Waals surface area (Å²) in [6.07, 6.45) is 1.90. The van der Waals surface area contributed by atoms with Crippen LogP contribution >= 0.6 is 0 Å². The largest absolute Gasteiger partial charge is 0.454 e. The molecule has 1 saturated carbocycles. The van der Waals surface area contributed by atoms with E-state index in [-0.39, 0.29) is 24.6 Å². The highest BCUT2D eigenvalue weighted by atomic mass is 16.7. The molecule has 2 heterocycles. The van der Waals surface area contributed by atoms with E-state index >= 15 is 0 Å². The van der Waals surface area contributed by atoms with Crippen LogP contribution in [0.1, 0.15) is 30.4 Å². The molecule has 2 aromatic rings. The zero-order valence-corrected chi connectivity index (χ0v) is 16.9. The molecule has 8 heteroatoms. The molecule has 1 fully saturated rings. The minimum Gasteiger partial charge on any atom is -0.454 e. The van der Waals surface area contributed by atoms with Gasteiger partial charge in [-0.1, -0.05) is 35.5 Å². The van der Waals surface area contributed by atoms with Crippen LogP contribution in [-0.4, -0.2) is 42.5 Å². The molecule has 5 rings (SSSR count). The quantitative estimate of drug-likeness (QED) is 0.712. The number of carbonyl (C=O) groups is 2. The third-order valence-electron chi connectivity index (χ3n) is 5.51. The highest BCUT2D eigenvalue weighted by molar-refractivity contribution is 6.04. The average molecular weight is 421 g/mol. The van der Waals surface area contributed by atoms with Crippen molar-refractivity contribution in [1.82, 2.24) is 10.6 Å². The fraction of sp³-hybridized carbons (Fsp3) is 0.348. The number of hydrogen-bond acceptors (Lipinski definition) is 6. The maximum Gasteiger partial charge on any atom is 0.265 e. The molecule has 2 amide bonds. The Bertz CT molecular complexity index is 1020. The number of benzene rings is 2. The summed E-state index contributed by atoms with van der Waals surface area (Å²) >= 11 is 0. The predicted octanol–water partition coefficient (Wildman–Crippen LogP) is 1.91. The maximum atomic E-state index is 12.9. The Kier molecular flexibility index (Phi) is 5.19. The molecule has 0 radical (unpaired) electrons. The first-order chi connectivity index (χ1) is 15.2. The lowest BCUT2D eigenvalue weighted by molar-refractivity contribution is -0.135. The van der Waals surface area contributed by atoms with Crippen molar-refractivity contribution >= 4 is 17.5 Å². The molecule has 2 atom stereocenters. The molecule has 0 spiro atoms. The van der Waals surface area contributed by atoms with E-state index in [4.69, 9.17) is 14.3 Å². The van der Waals surface area contributed by atoms with Crippen LogP contribution in [0.3, 0.4) is 0 Å². The third kappa shape index (κ3) is 4.47. The molecule has 0 saturated heterocycles. The smallest absolute Gasteiger partial charge is 0.265 e. The number of hydrogen-bond donors (Lipinski definition) is 2. The van der Waals surface area contributed by atoms with Crippen molar-refractivity contribution < 1.29 is 23.9 Å². The Morgan fingerprint density at radius 3 is 2.68 bits per heavy atom. The van der Waals surface area contributed by atoms with Crippen molar-refractivity contribution in [3.8, 4) is 11.5 Å². The van der Waals surface area contributed by atoms with Crippen LogP contribution < -0.4 is 20.1 Å². The summed E-state index contributed by atoms with van der Waals surface area (Å²) in [7, 11) is 0. The monoisotopic (exact) mass is 421 g/mol.